The van der Waals surface area contributed by atoms with E-state index >= 15 is 0 Å². The fourth-order valence-electron chi connectivity index (χ4n) is 5.09. The first-order chi connectivity index (χ1) is 19.8. The molecule has 8 nitrogen and oxygen atoms in total. The number of hydrogen-bond acceptors (Lipinski definition) is 5. The second-order valence-electron chi connectivity index (χ2n) is 10.2. The Labute approximate surface area is 237 Å². The molecule has 2 heterocycles. The van der Waals surface area contributed by atoms with Gasteiger partial charge in [-0.3, -0.25) is 9.36 Å². The molecule has 0 spiro atoms. The summed E-state index contributed by atoms with van der Waals surface area (Å²) in [4.78, 5) is 18.0. The van der Waals surface area contributed by atoms with E-state index < -0.39 is 23.8 Å². The lowest BCUT2D eigenvalue weighted by Crippen LogP contribution is -2.49. The van der Waals surface area contributed by atoms with Crippen LogP contribution in [0.5, 0.6) is 0 Å². The minimum Gasteiger partial charge on any atom is -0.390 e. The second-order valence-corrected chi connectivity index (χ2v) is 10.2. The fourth-order valence-corrected chi connectivity index (χ4v) is 5.09. The van der Waals surface area contributed by atoms with Crippen molar-refractivity contribution in [3.05, 3.63) is 101 Å². The van der Waals surface area contributed by atoms with Gasteiger partial charge in [0.25, 0.3) is 0 Å². The average molecular weight is 561 g/mol. The largest absolute Gasteiger partial charge is 0.390 e. The first kappa shape index (κ1) is 28.4. The Hall–Kier alpha value is -4.15. The number of fused-ring (bicyclic) bond motifs is 3. The summed E-state index contributed by atoms with van der Waals surface area (Å²) in [5.41, 5.74) is 4.24. The van der Waals surface area contributed by atoms with Crippen molar-refractivity contribution in [2.24, 2.45) is 0 Å². The Bertz CT molecular complexity index is 1640. The molecule has 0 bridgehead atoms. The number of carbonyl (C=O) groups excluding carboxylic acids is 1. The summed E-state index contributed by atoms with van der Waals surface area (Å²) < 4.78 is 31.4. The van der Waals surface area contributed by atoms with Crippen molar-refractivity contribution in [1.82, 2.24) is 29.8 Å². The van der Waals surface area contributed by atoms with Gasteiger partial charge in [0.15, 0.2) is 5.82 Å². The van der Waals surface area contributed by atoms with Crippen molar-refractivity contribution in [2.45, 2.75) is 58.3 Å². The highest BCUT2D eigenvalue weighted by Gasteiger charge is 2.24. The average Bonchev–Trinajstić information content (AvgIpc) is 3.50. The first-order valence-corrected chi connectivity index (χ1v) is 13.9. The maximum absolute atomic E-state index is 14.0. The van der Waals surface area contributed by atoms with Crippen LogP contribution in [0.4, 0.5) is 8.78 Å². The maximum Gasteiger partial charge on any atom is 0.240 e. The number of para-hydroxylation sites is 2. The van der Waals surface area contributed by atoms with Gasteiger partial charge in [0.2, 0.25) is 11.7 Å². The molecule has 0 unspecified atom stereocenters. The molecule has 0 saturated carbocycles. The summed E-state index contributed by atoms with van der Waals surface area (Å²) >= 11 is 0. The quantitative estimate of drug-likeness (QED) is 0.215. The number of aryl methyl sites for hydroxylation is 2. The van der Waals surface area contributed by atoms with Gasteiger partial charge in [-0.1, -0.05) is 50.2 Å². The topological polar surface area (TPSA) is 96.5 Å². The van der Waals surface area contributed by atoms with Crippen LogP contribution in [0.3, 0.4) is 0 Å². The predicted octanol–water partition coefficient (Wildman–Crippen LogP) is 3.97. The fraction of sp³-hybridized carbons (Fsp3) is 0.323. The van der Waals surface area contributed by atoms with E-state index in [2.05, 4.69) is 39.8 Å². The summed E-state index contributed by atoms with van der Waals surface area (Å²) in [5, 5.41) is 21.8. The molecule has 1 amide bonds. The van der Waals surface area contributed by atoms with E-state index in [1.807, 2.05) is 43.3 Å². The molecule has 5 rings (SSSR count). The van der Waals surface area contributed by atoms with Crippen molar-refractivity contribution < 1.29 is 18.7 Å². The molecular formula is C31H34F2N6O2. The number of halogens is 2. The first-order valence-electron chi connectivity index (χ1n) is 13.9. The number of nitrogens with zero attached hydrogens (tertiary/aromatic N) is 4. The Morgan fingerprint density at radius 1 is 0.927 bits per heavy atom. The highest BCUT2D eigenvalue weighted by molar-refractivity contribution is 5.84. The number of carbonyl (C=O) groups is 1. The van der Waals surface area contributed by atoms with Gasteiger partial charge in [-0.25, -0.2) is 8.78 Å². The van der Waals surface area contributed by atoms with Crippen molar-refractivity contribution >= 4 is 22.7 Å². The summed E-state index contributed by atoms with van der Waals surface area (Å²) in [5.74, 6) is -0.595. The third kappa shape index (κ3) is 6.61. The van der Waals surface area contributed by atoms with E-state index in [0.717, 1.165) is 29.1 Å². The van der Waals surface area contributed by atoms with Crippen LogP contribution in [0.1, 0.15) is 36.4 Å². The molecule has 0 fully saturated rings. The zero-order valence-electron chi connectivity index (χ0n) is 23.1. The highest BCUT2D eigenvalue weighted by Crippen LogP contribution is 2.20. The summed E-state index contributed by atoms with van der Waals surface area (Å²) in [6.45, 7) is 4.67. The molecule has 2 atom stereocenters. The summed E-state index contributed by atoms with van der Waals surface area (Å²) in [6.07, 6.45) is 0.588. The van der Waals surface area contributed by atoms with Gasteiger partial charge >= 0.3 is 0 Å². The molecular weight excluding hydrogens is 526 g/mol. The smallest absolute Gasteiger partial charge is 0.240 e. The van der Waals surface area contributed by atoms with Crippen LogP contribution >= 0.6 is 0 Å². The van der Waals surface area contributed by atoms with E-state index in [4.69, 9.17) is 0 Å². The van der Waals surface area contributed by atoms with Gasteiger partial charge in [0.1, 0.15) is 18.2 Å². The van der Waals surface area contributed by atoms with E-state index in [9.17, 15) is 18.7 Å². The molecule has 0 saturated heterocycles. The van der Waals surface area contributed by atoms with Crippen LogP contribution in [0, 0.1) is 11.6 Å². The Morgan fingerprint density at radius 3 is 2.39 bits per heavy atom. The number of benzene rings is 3. The van der Waals surface area contributed by atoms with Crippen LogP contribution in [-0.4, -0.2) is 48.9 Å². The lowest BCUT2D eigenvalue weighted by molar-refractivity contribution is -0.123. The van der Waals surface area contributed by atoms with E-state index in [0.29, 0.717) is 30.1 Å². The van der Waals surface area contributed by atoms with Crippen LogP contribution < -0.4 is 10.6 Å². The number of imidazole rings is 1. The third-order valence-electron chi connectivity index (χ3n) is 7.17. The standard InChI is InChI=1S/C31H34F2N6O2/c1-3-20-8-7-9-21(12-20)17-34-18-28(40)25(15-22-13-23(32)16-24(33)14-22)35-30(41)19-38-26-10-5-6-11-27(26)39-31(38)36-29(4-2)37-39/h5-14,16,25,28,34,40H,3-4,15,17-19H2,1-2H3,(H,35,41)/t25-,28-/m0/s1. The minimum atomic E-state index is -1.03. The lowest BCUT2D eigenvalue weighted by atomic mass is 10.0. The third-order valence-corrected chi connectivity index (χ3v) is 7.17. The van der Waals surface area contributed by atoms with Gasteiger partial charge in [-0.2, -0.15) is 9.50 Å². The van der Waals surface area contributed by atoms with Gasteiger partial charge in [-0.15, -0.1) is 5.10 Å². The Kier molecular flexibility index (Phi) is 8.70. The van der Waals surface area contributed by atoms with Crippen LogP contribution in [0.15, 0.2) is 66.7 Å². The lowest BCUT2D eigenvalue weighted by Gasteiger charge is -2.25. The number of nitrogens with one attached hydrogen (secondary N) is 2. The van der Waals surface area contributed by atoms with E-state index in [1.165, 1.54) is 17.7 Å². The maximum atomic E-state index is 14.0. The number of aromatic nitrogens is 4. The molecule has 10 heteroatoms. The Morgan fingerprint density at radius 2 is 1.66 bits per heavy atom. The SMILES string of the molecule is CCc1cccc(CNC[C@H](O)[C@H](Cc2cc(F)cc(F)c2)NC(=O)Cn2c3ccccc3n3nc(CC)nc23)c1. The number of amides is 1. The van der Waals surface area contributed by atoms with Gasteiger partial charge in [0.05, 0.1) is 23.2 Å². The van der Waals surface area contributed by atoms with Crippen molar-refractivity contribution in [1.29, 1.82) is 0 Å². The number of rotatable bonds is 12. The molecule has 0 radical (unpaired) electrons. The zero-order chi connectivity index (χ0) is 28.9. The van der Waals surface area contributed by atoms with E-state index in [-0.39, 0.29) is 25.4 Å². The van der Waals surface area contributed by atoms with Crippen LogP contribution in [0.2, 0.25) is 0 Å². The normalized spacial score (nSPS) is 13.1. The molecule has 0 aliphatic heterocycles. The Balaban J connectivity index is 1.34. The summed E-state index contributed by atoms with van der Waals surface area (Å²) in [6, 6.07) is 18.2. The molecule has 2 aromatic heterocycles. The van der Waals surface area contributed by atoms with E-state index in [1.54, 1.807) is 9.08 Å². The van der Waals surface area contributed by atoms with Gasteiger partial charge in [-0.05, 0) is 53.8 Å². The van der Waals surface area contributed by atoms with Crippen molar-refractivity contribution in [3.63, 3.8) is 0 Å². The molecule has 41 heavy (non-hydrogen) atoms. The van der Waals surface area contributed by atoms with Crippen molar-refractivity contribution in [3.8, 4) is 0 Å². The van der Waals surface area contributed by atoms with Crippen LogP contribution in [-0.2, 0) is 37.1 Å². The molecule has 3 N–H and O–H groups in total. The van der Waals surface area contributed by atoms with Gasteiger partial charge < -0.3 is 15.7 Å². The molecule has 5 aromatic rings. The highest BCUT2D eigenvalue weighted by atomic mass is 19.1. The summed E-state index contributed by atoms with van der Waals surface area (Å²) in [7, 11) is 0. The van der Waals surface area contributed by atoms with Crippen molar-refractivity contribution in [2.75, 3.05) is 6.54 Å². The molecule has 0 aliphatic rings. The molecule has 3 aromatic carbocycles. The predicted molar refractivity (Wildman–Crippen MR) is 153 cm³/mol. The molecule has 214 valence electrons. The molecule has 0 aliphatic carbocycles. The van der Waals surface area contributed by atoms with Gasteiger partial charge in [0, 0.05) is 25.6 Å². The zero-order valence-corrected chi connectivity index (χ0v) is 23.1. The minimum absolute atomic E-state index is 0.0430. The second kappa shape index (κ2) is 12.6. The van der Waals surface area contributed by atoms with Crippen LogP contribution in [0.25, 0.3) is 16.8 Å². The number of aliphatic hydroxyl groups is 1. The monoisotopic (exact) mass is 560 g/mol. The number of hydrogen-bond donors (Lipinski definition) is 3. The number of aliphatic hydroxyl groups excluding tert-OH is 1.